The molecule has 1 amide bonds. The van der Waals surface area contributed by atoms with Crippen molar-refractivity contribution in [2.24, 2.45) is 11.8 Å². The third-order valence-electron chi connectivity index (χ3n) is 3.29. The van der Waals surface area contributed by atoms with Gasteiger partial charge in [0.05, 0.1) is 30.6 Å². The van der Waals surface area contributed by atoms with Gasteiger partial charge in [-0.05, 0) is 19.8 Å². The monoisotopic (exact) mass is 245 g/mol. The normalized spacial score (nSPS) is 24.6. The number of carbonyl (C=O) groups excluding carboxylic acids is 1. The molecule has 0 aromatic heterocycles. The van der Waals surface area contributed by atoms with Gasteiger partial charge >= 0.3 is 5.97 Å². The van der Waals surface area contributed by atoms with Crippen molar-refractivity contribution in [2.75, 3.05) is 13.2 Å². The molecule has 2 atom stereocenters. The highest BCUT2D eigenvalue weighted by Crippen LogP contribution is 2.32. The zero-order valence-electron chi connectivity index (χ0n) is 9.85. The molecule has 1 rings (SSSR count). The van der Waals surface area contributed by atoms with Crippen LogP contribution in [0.1, 0.15) is 26.2 Å². The Morgan fingerprint density at radius 3 is 2.24 bits per heavy atom. The van der Waals surface area contributed by atoms with E-state index >= 15 is 0 Å². The molecule has 6 nitrogen and oxygen atoms in total. The number of carboxylic acid groups (broad SMARTS) is 1. The average Bonchev–Trinajstić information content (AvgIpc) is 2.77. The quantitative estimate of drug-likeness (QED) is 0.515. The van der Waals surface area contributed by atoms with Gasteiger partial charge in [0, 0.05) is 0 Å². The van der Waals surface area contributed by atoms with Crippen LogP contribution in [0, 0.1) is 11.8 Å². The maximum Gasteiger partial charge on any atom is 0.307 e. The summed E-state index contributed by atoms with van der Waals surface area (Å²) >= 11 is 0. The van der Waals surface area contributed by atoms with Crippen LogP contribution < -0.4 is 5.32 Å². The Hall–Kier alpha value is -1.14. The van der Waals surface area contributed by atoms with E-state index in [1.54, 1.807) is 0 Å². The molecule has 0 bridgehead atoms. The van der Waals surface area contributed by atoms with Crippen molar-refractivity contribution in [1.82, 2.24) is 5.32 Å². The molecule has 0 saturated heterocycles. The minimum atomic E-state index is -1.09. The lowest BCUT2D eigenvalue weighted by atomic mass is 9.93. The molecule has 1 aliphatic carbocycles. The van der Waals surface area contributed by atoms with Gasteiger partial charge in [0.1, 0.15) is 0 Å². The number of carboxylic acids is 1. The second kappa shape index (κ2) is 5.46. The molecule has 1 saturated carbocycles. The van der Waals surface area contributed by atoms with E-state index < -0.39 is 29.3 Å². The summed E-state index contributed by atoms with van der Waals surface area (Å²) in [6.07, 6.45) is 1.75. The van der Waals surface area contributed by atoms with Crippen molar-refractivity contribution < 1.29 is 24.9 Å². The minimum absolute atomic E-state index is 0.389. The predicted octanol–water partition coefficient (Wildman–Crippen LogP) is -0.653. The van der Waals surface area contributed by atoms with E-state index in [2.05, 4.69) is 5.32 Å². The summed E-state index contributed by atoms with van der Waals surface area (Å²) in [5.74, 6) is -2.58. The highest BCUT2D eigenvalue weighted by Gasteiger charge is 2.39. The molecule has 0 spiro atoms. The van der Waals surface area contributed by atoms with Crippen LogP contribution in [0.5, 0.6) is 0 Å². The number of hydrogen-bond acceptors (Lipinski definition) is 4. The Balaban J connectivity index is 2.67. The summed E-state index contributed by atoms with van der Waals surface area (Å²) in [7, 11) is 0. The van der Waals surface area contributed by atoms with Gasteiger partial charge in [0.2, 0.25) is 5.91 Å². The van der Waals surface area contributed by atoms with Gasteiger partial charge in [-0.25, -0.2) is 0 Å². The predicted molar refractivity (Wildman–Crippen MR) is 59.2 cm³/mol. The van der Waals surface area contributed by atoms with E-state index in [0.29, 0.717) is 19.3 Å². The second-order valence-corrected chi connectivity index (χ2v) is 4.85. The van der Waals surface area contributed by atoms with E-state index in [0.717, 1.165) is 0 Å². The van der Waals surface area contributed by atoms with Crippen LogP contribution in [0.4, 0.5) is 0 Å². The lowest BCUT2D eigenvalue weighted by Gasteiger charge is -2.28. The van der Waals surface area contributed by atoms with E-state index in [9.17, 15) is 9.59 Å². The molecular weight excluding hydrogens is 226 g/mol. The third-order valence-corrected chi connectivity index (χ3v) is 3.29. The number of rotatable bonds is 5. The maximum absolute atomic E-state index is 11.9. The van der Waals surface area contributed by atoms with E-state index in [1.807, 2.05) is 0 Å². The van der Waals surface area contributed by atoms with Crippen LogP contribution in [0.25, 0.3) is 0 Å². The van der Waals surface area contributed by atoms with Crippen LogP contribution in [0.2, 0.25) is 0 Å². The number of hydrogen-bond donors (Lipinski definition) is 4. The first-order valence-electron chi connectivity index (χ1n) is 5.70. The minimum Gasteiger partial charge on any atom is -0.481 e. The lowest BCUT2D eigenvalue weighted by molar-refractivity contribution is -0.146. The average molecular weight is 245 g/mol. The van der Waals surface area contributed by atoms with Crippen LogP contribution in [-0.4, -0.2) is 45.9 Å². The van der Waals surface area contributed by atoms with Gasteiger partial charge in [-0.15, -0.1) is 0 Å². The van der Waals surface area contributed by atoms with Crippen molar-refractivity contribution in [3.8, 4) is 0 Å². The lowest BCUT2D eigenvalue weighted by Crippen LogP contribution is -2.54. The Kier molecular flexibility index (Phi) is 4.47. The van der Waals surface area contributed by atoms with Crippen molar-refractivity contribution in [3.05, 3.63) is 0 Å². The molecule has 0 heterocycles. The van der Waals surface area contributed by atoms with Gasteiger partial charge < -0.3 is 20.6 Å². The molecule has 2 unspecified atom stereocenters. The van der Waals surface area contributed by atoms with Crippen LogP contribution in [-0.2, 0) is 9.59 Å². The summed E-state index contributed by atoms with van der Waals surface area (Å²) in [5, 5.41) is 29.6. The molecule has 0 aromatic rings. The van der Waals surface area contributed by atoms with Crippen LogP contribution in [0.15, 0.2) is 0 Å². The topological polar surface area (TPSA) is 107 Å². The Morgan fingerprint density at radius 1 is 1.24 bits per heavy atom. The molecule has 1 fully saturated rings. The van der Waals surface area contributed by atoms with Crippen LogP contribution in [0.3, 0.4) is 0 Å². The van der Waals surface area contributed by atoms with Crippen molar-refractivity contribution >= 4 is 11.9 Å². The summed E-state index contributed by atoms with van der Waals surface area (Å²) < 4.78 is 0. The number of aliphatic carboxylic acids is 1. The van der Waals surface area contributed by atoms with Gasteiger partial charge in [-0.3, -0.25) is 9.59 Å². The third kappa shape index (κ3) is 3.17. The summed E-state index contributed by atoms with van der Waals surface area (Å²) in [4.78, 5) is 22.8. The SMILES string of the molecule is CC(CO)(CO)NC(=O)C1CCCC1C(=O)O. The molecule has 0 aliphatic heterocycles. The van der Waals surface area contributed by atoms with E-state index in [-0.39, 0.29) is 13.2 Å². The number of carbonyl (C=O) groups is 2. The Labute approximate surface area is 99.6 Å². The molecule has 4 N–H and O–H groups in total. The second-order valence-electron chi connectivity index (χ2n) is 4.85. The number of aliphatic hydroxyl groups excluding tert-OH is 2. The van der Waals surface area contributed by atoms with Gasteiger partial charge in [0.25, 0.3) is 0 Å². The first-order valence-corrected chi connectivity index (χ1v) is 5.70. The molecule has 1 aliphatic rings. The Morgan fingerprint density at radius 2 is 1.76 bits per heavy atom. The Bertz CT molecular complexity index is 300. The molecule has 98 valence electrons. The molecular formula is C11H19NO5. The standard InChI is InChI=1S/C11H19NO5/c1-11(5-13,6-14)12-9(15)7-3-2-4-8(7)10(16)17/h7-8,13-14H,2-6H2,1H3,(H,12,15)(H,16,17). The fourth-order valence-electron chi connectivity index (χ4n) is 2.09. The van der Waals surface area contributed by atoms with Crippen molar-refractivity contribution in [1.29, 1.82) is 0 Å². The molecule has 0 radical (unpaired) electrons. The van der Waals surface area contributed by atoms with Gasteiger partial charge in [0.15, 0.2) is 0 Å². The fraction of sp³-hybridized carbons (Fsp3) is 0.818. The number of amides is 1. The van der Waals surface area contributed by atoms with Gasteiger partial charge in [-0.1, -0.05) is 6.42 Å². The highest BCUT2D eigenvalue weighted by atomic mass is 16.4. The highest BCUT2D eigenvalue weighted by molar-refractivity contribution is 5.85. The first kappa shape index (κ1) is 13.9. The summed E-state index contributed by atoms with van der Waals surface area (Å²) in [5.41, 5.74) is -1.09. The first-order chi connectivity index (χ1) is 7.93. The van der Waals surface area contributed by atoms with E-state index in [1.165, 1.54) is 6.92 Å². The summed E-state index contributed by atoms with van der Waals surface area (Å²) in [6, 6.07) is 0. The van der Waals surface area contributed by atoms with E-state index in [4.69, 9.17) is 15.3 Å². The largest absolute Gasteiger partial charge is 0.481 e. The molecule has 6 heteroatoms. The fourth-order valence-corrected chi connectivity index (χ4v) is 2.09. The number of aliphatic hydroxyl groups is 2. The maximum atomic E-state index is 11.9. The summed E-state index contributed by atoms with van der Waals surface area (Å²) in [6.45, 7) is 0.731. The zero-order chi connectivity index (χ0) is 13.1. The molecule has 0 aromatic carbocycles. The smallest absolute Gasteiger partial charge is 0.307 e. The molecule has 17 heavy (non-hydrogen) atoms. The number of nitrogens with one attached hydrogen (secondary N) is 1. The van der Waals surface area contributed by atoms with Crippen molar-refractivity contribution in [2.45, 2.75) is 31.7 Å². The van der Waals surface area contributed by atoms with Gasteiger partial charge in [-0.2, -0.15) is 0 Å². The van der Waals surface area contributed by atoms with Crippen LogP contribution >= 0.6 is 0 Å². The van der Waals surface area contributed by atoms with Crippen molar-refractivity contribution in [3.63, 3.8) is 0 Å². The zero-order valence-corrected chi connectivity index (χ0v) is 9.85.